The van der Waals surface area contributed by atoms with Gasteiger partial charge in [0.2, 0.25) is 5.82 Å². The maximum Gasteiger partial charge on any atom is 0.374 e. The van der Waals surface area contributed by atoms with Gasteiger partial charge in [-0.15, -0.1) is 0 Å². The van der Waals surface area contributed by atoms with Crippen LogP contribution in [0.2, 0.25) is 0 Å². The standard InChI is InChI=1S/C12H14N2O2/c1-8(2)14-10-7-5-4-6-9(10)13-11(14)12(15)16-3/h4-8H,1-3H3. The van der Waals surface area contributed by atoms with Crippen LogP contribution < -0.4 is 0 Å². The Labute approximate surface area is 93.9 Å². The molecule has 4 heteroatoms. The zero-order valence-corrected chi connectivity index (χ0v) is 9.60. The molecule has 0 aliphatic heterocycles. The largest absolute Gasteiger partial charge is 0.463 e. The van der Waals surface area contributed by atoms with Gasteiger partial charge in [0.1, 0.15) is 0 Å². The average molecular weight is 218 g/mol. The summed E-state index contributed by atoms with van der Waals surface area (Å²) in [7, 11) is 1.37. The van der Waals surface area contributed by atoms with Crippen molar-refractivity contribution in [3.05, 3.63) is 30.1 Å². The highest BCUT2D eigenvalue weighted by molar-refractivity contribution is 5.91. The third-order valence-electron chi connectivity index (χ3n) is 2.48. The molecule has 2 aromatic rings. The van der Waals surface area contributed by atoms with Crippen molar-refractivity contribution in [1.82, 2.24) is 9.55 Å². The minimum Gasteiger partial charge on any atom is -0.463 e. The highest BCUT2D eigenvalue weighted by atomic mass is 16.5. The number of imidazole rings is 1. The molecule has 0 amide bonds. The molecule has 0 N–H and O–H groups in total. The first kappa shape index (κ1) is 10.7. The summed E-state index contributed by atoms with van der Waals surface area (Å²) < 4.78 is 6.62. The topological polar surface area (TPSA) is 44.1 Å². The van der Waals surface area contributed by atoms with Crippen LogP contribution in [0.3, 0.4) is 0 Å². The molecule has 0 aliphatic rings. The molecule has 0 bridgehead atoms. The van der Waals surface area contributed by atoms with Crippen LogP contribution >= 0.6 is 0 Å². The smallest absolute Gasteiger partial charge is 0.374 e. The van der Waals surface area contributed by atoms with E-state index in [1.807, 2.05) is 42.7 Å². The number of rotatable bonds is 2. The summed E-state index contributed by atoms with van der Waals surface area (Å²) in [6, 6.07) is 7.85. The van der Waals surface area contributed by atoms with Crippen molar-refractivity contribution in [3.63, 3.8) is 0 Å². The van der Waals surface area contributed by atoms with Crippen molar-refractivity contribution in [3.8, 4) is 0 Å². The average Bonchev–Trinajstić information content (AvgIpc) is 2.67. The van der Waals surface area contributed by atoms with Gasteiger partial charge in [-0.25, -0.2) is 9.78 Å². The molecule has 1 heterocycles. The predicted octanol–water partition coefficient (Wildman–Crippen LogP) is 2.40. The number of aromatic nitrogens is 2. The minimum absolute atomic E-state index is 0.168. The summed E-state index contributed by atoms with van der Waals surface area (Å²) in [5.41, 5.74) is 1.77. The quantitative estimate of drug-likeness (QED) is 0.727. The molecular formula is C12H14N2O2. The highest BCUT2D eigenvalue weighted by Crippen LogP contribution is 2.21. The number of hydrogen-bond donors (Lipinski definition) is 0. The molecule has 0 aliphatic carbocycles. The van der Waals surface area contributed by atoms with E-state index in [0.717, 1.165) is 11.0 Å². The van der Waals surface area contributed by atoms with Crippen LogP contribution in [0.15, 0.2) is 24.3 Å². The van der Waals surface area contributed by atoms with Crippen LogP contribution in [0.25, 0.3) is 11.0 Å². The molecule has 0 saturated carbocycles. The normalized spacial score (nSPS) is 11.0. The van der Waals surface area contributed by atoms with Crippen molar-refractivity contribution < 1.29 is 9.53 Å². The Bertz CT molecular complexity index is 529. The molecule has 0 fully saturated rings. The lowest BCUT2D eigenvalue weighted by Crippen LogP contribution is -2.13. The molecule has 4 nitrogen and oxygen atoms in total. The van der Waals surface area contributed by atoms with Gasteiger partial charge in [-0.3, -0.25) is 0 Å². The Morgan fingerprint density at radius 1 is 1.38 bits per heavy atom. The molecule has 2 rings (SSSR count). The number of benzene rings is 1. The Morgan fingerprint density at radius 3 is 2.69 bits per heavy atom. The predicted molar refractivity (Wildman–Crippen MR) is 61.5 cm³/mol. The molecule has 0 spiro atoms. The first-order valence-electron chi connectivity index (χ1n) is 5.20. The van der Waals surface area contributed by atoms with Gasteiger partial charge in [-0.2, -0.15) is 0 Å². The number of methoxy groups -OCH3 is 1. The fourth-order valence-corrected chi connectivity index (χ4v) is 1.80. The number of carbonyl (C=O) groups excluding carboxylic acids is 1. The van der Waals surface area contributed by atoms with Crippen molar-refractivity contribution in [2.45, 2.75) is 19.9 Å². The second-order valence-corrected chi connectivity index (χ2v) is 3.88. The number of fused-ring (bicyclic) bond motifs is 1. The molecule has 0 atom stereocenters. The van der Waals surface area contributed by atoms with Crippen LogP contribution in [0, 0.1) is 0 Å². The van der Waals surface area contributed by atoms with E-state index < -0.39 is 5.97 Å². The van der Waals surface area contributed by atoms with E-state index in [1.54, 1.807) is 0 Å². The Kier molecular flexibility index (Phi) is 2.64. The van der Waals surface area contributed by atoms with E-state index in [0.29, 0.717) is 5.82 Å². The summed E-state index contributed by atoms with van der Waals surface area (Å²) >= 11 is 0. The lowest BCUT2D eigenvalue weighted by atomic mass is 10.3. The van der Waals surface area contributed by atoms with Gasteiger partial charge in [-0.1, -0.05) is 12.1 Å². The third kappa shape index (κ3) is 1.56. The van der Waals surface area contributed by atoms with Crippen molar-refractivity contribution in [2.75, 3.05) is 7.11 Å². The summed E-state index contributed by atoms with van der Waals surface area (Å²) in [5, 5.41) is 0. The number of nitrogens with zero attached hydrogens (tertiary/aromatic N) is 2. The number of hydrogen-bond acceptors (Lipinski definition) is 3. The number of para-hydroxylation sites is 2. The van der Waals surface area contributed by atoms with E-state index in [1.165, 1.54) is 7.11 Å². The summed E-state index contributed by atoms with van der Waals surface area (Å²) in [6.45, 7) is 4.03. The molecule has 84 valence electrons. The Balaban J connectivity index is 2.73. The van der Waals surface area contributed by atoms with E-state index in [4.69, 9.17) is 4.74 Å². The Morgan fingerprint density at radius 2 is 2.06 bits per heavy atom. The van der Waals surface area contributed by atoms with Gasteiger partial charge in [0, 0.05) is 6.04 Å². The molecule has 1 aromatic heterocycles. The van der Waals surface area contributed by atoms with Crippen molar-refractivity contribution in [1.29, 1.82) is 0 Å². The van der Waals surface area contributed by atoms with Gasteiger partial charge >= 0.3 is 5.97 Å². The van der Waals surface area contributed by atoms with Crippen LogP contribution in [0.4, 0.5) is 0 Å². The number of ether oxygens (including phenoxy) is 1. The first-order chi connectivity index (χ1) is 7.65. The van der Waals surface area contributed by atoms with E-state index in [9.17, 15) is 4.79 Å². The number of carbonyl (C=O) groups is 1. The van der Waals surface area contributed by atoms with Crippen LogP contribution in [-0.4, -0.2) is 22.6 Å². The first-order valence-corrected chi connectivity index (χ1v) is 5.20. The molecule has 0 saturated heterocycles. The second-order valence-electron chi connectivity index (χ2n) is 3.88. The van der Waals surface area contributed by atoms with E-state index >= 15 is 0 Å². The fourth-order valence-electron chi connectivity index (χ4n) is 1.80. The summed E-state index contributed by atoms with van der Waals surface area (Å²) in [4.78, 5) is 15.9. The molecule has 0 radical (unpaired) electrons. The number of esters is 1. The zero-order valence-electron chi connectivity index (χ0n) is 9.60. The van der Waals surface area contributed by atoms with Crippen LogP contribution in [0.1, 0.15) is 30.5 Å². The summed E-state index contributed by atoms with van der Waals surface area (Å²) in [5.74, 6) is -0.0383. The monoisotopic (exact) mass is 218 g/mol. The van der Waals surface area contributed by atoms with Crippen molar-refractivity contribution >= 4 is 17.0 Å². The fraction of sp³-hybridized carbons (Fsp3) is 0.333. The van der Waals surface area contributed by atoms with Crippen LogP contribution in [0.5, 0.6) is 0 Å². The van der Waals surface area contributed by atoms with Gasteiger partial charge in [0.25, 0.3) is 0 Å². The molecule has 16 heavy (non-hydrogen) atoms. The highest BCUT2D eigenvalue weighted by Gasteiger charge is 2.19. The third-order valence-corrected chi connectivity index (χ3v) is 2.48. The zero-order chi connectivity index (χ0) is 11.7. The van der Waals surface area contributed by atoms with E-state index in [-0.39, 0.29) is 6.04 Å². The maximum absolute atomic E-state index is 11.6. The molecule has 1 aromatic carbocycles. The maximum atomic E-state index is 11.6. The van der Waals surface area contributed by atoms with Gasteiger partial charge in [0.15, 0.2) is 0 Å². The SMILES string of the molecule is COC(=O)c1nc2ccccc2n1C(C)C. The second kappa shape index (κ2) is 3.96. The lowest BCUT2D eigenvalue weighted by molar-refractivity contribution is 0.0580. The Hall–Kier alpha value is -1.84. The van der Waals surface area contributed by atoms with E-state index in [2.05, 4.69) is 4.98 Å². The summed E-state index contributed by atoms with van der Waals surface area (Å²) in [6.07, 6.45) is 0. The lowest BCUT2D eigenvalue weighted by Gasteiger charge is -2.11. The van der Waals surface area contributed by atoms with Gasteiger partial charge < -0.3 is 9.30 Å². The van der Waals surface area contributed by atoms with Gasteiger partial charge in [-0.05, 0) is 26.0 Å². The van der Waals surface area contributed by atoms with Crippen molar-refractivity contribution in [2.24, 2.45) is 0 Å². The minimum atomic E-state index is -0.398. The molecular weight excluding hydrogens is 204 g/mol. The van der Waals surface area contributed by atoms with Crippen LogP contribution in [-0.2, 0) is 4.74 Å². The molecule has 0 unspecified atom stereocenters. The van der Waals surface area contributed by atoms with Gasteiger partial charge in [0.05, 0.1) is 18.1 Å².